The first-order valence-electron chi connectivity index (χ1n) is 10.3. The molecule has 2 aliphatic rings. The fraction of sp³-hybridized carbons (Fsp3) is 0.600. The molecule has 0 spiro atoms. The predicted octanol–water partition coefficient (Wildman–Crippen LogP) is 2.40. The highest BCUT2D eigenvalue weighted by Crippen LogP contribution is 2.39. The molecule has 31 heavy (non-hydrogen) atoms. The average molecular weight is 434 g/mol. The van der Waals surface area contributed by atoms with Crippen molar-refractivity contribution >= 4 is 17.8 Å². The van der Waals surface area contributed by atoms with Gasteiger partial charge in [-0.2, -0.15) is 10.2 Å². The number of methoxy groups -OCH3 is 1. The van der Waals surface area contributed by atoms with Gasteiger partial charge in [-0.3, -0.25) is 14.6 Å². The van der Waals surface area contributed by atoms with Gasteiger partial charge in [0, 0.05) is 37.4 Å². The van der Waals surface area contributed by atoms with Gasteiger partial charge in [-0.05, 0) is 38.7 Å². The lowest BCUT2D eigenvalue weighted by molar-refractivity contribution is 0.0583. The second-order valence-corrected chi connectivity index (χ2v) is 8.55. The van der Waals surface area contributed by atoms with Crippen molar-refractivity contribution in [3.63, 3.8) is 0 Å². The van der Waals surface area contributed by atoms with Gasteiger partial charge < -0.3 is 20.1 Å². The van der Waals surface area contributed by atoms with Crippen LogP contribution < -0.4 is 10.6 Å². The van der Waals surface area contributed by atoms with E-state index in [1.165, 1.54) is 4.68 Å². The highest BCUT2D eigenvalue weighted by molar-refractivity contribution is 6.02. The summed E-state index contributed by atoms with van der Waals surface area (Å²) in [6, 6.07) is 3.32. The summed E-state index contributed by atoms with van der Waals surface area (Å²) in [5, 5.41) is 16.7. The molecule has 2 heterocycles. The number of aromatic nitrogens is 4. The topological polar surface area (TPSA) is 123 Å². The molecule has 3 atom stereocenters. The molecule has 168 valence electrons. The summed E-state index contributed by atoms with van der Waals surface area (Å²) < 4.78 is 26.3. The number of nitrogens with zero attached hydrogens (tertiary/aromatic N) is 3. The van der Waals surface area contributed by atoms with Crippen molar-refractivity contribution < 1.29 is 23.5 Å². The Morgan fingerprint density at radius 3 is 2.84 bits per heavy atom. The molecule has 4 rings (SSSR count). The maximum absolute atomic E-state index is 14.5. The Morgan fingerprint density at radius 1 is 1.35 bits per heavy atom. The molecular weight excluding hydrogens is 407 g/mol. The van der Waals surface area contributed by atoms with E-state index in [4.69, 9.17) is 9.47 Å². The van der Waals surface area contributed by atoms with Gasteiger partial charge in [0.2, 0.25) is 0 Å². The van der Waals surface area contributed by atoms with E-state index in [9.17, 15) is 14.0 Å². The van der Waals surface area contributed by atoms with E-state index in [0.29, 0.717) is 35.9 Å². The van der Waals surface area contributed by atoms with E-state index in [-0.39, 0.29) is 23.8 Å². The molecule has 0 aliphatic heterocycles. The molecule has 2 fully saturated rings. The van der Waals surface area contributed by atoms with Crippen LogP contribution in [-0.2, 0) is 23.1 Å². The summed E-state index contributed by atoms with van der Waals surface area (Å²) in [4.78, 5) is 24.5. The average Bonchev–Trinajstić information content (AvgIpc) is 3.03. The molecule has 0 saturated heterocycles. The number of amides is 2. The number of hydrogen-bond acceptors (Lipinski definition) is 6. The first-order valence-corrected chi connectivity index (χ1v) is 10.3. The number of aryl methyl sites for hydroxylation is 1. The fourth-order valence-corrected chi connectivity index (χ4v) is 3.80. The Hall–Kier alpha value is -2.95. The van der Waals surface area contributed by atoms with Crippen LogP contribution in [0.4, 0.5) is 15.0 Å². The summed E-state index contributed by atoms with van der Waals surface area (Å²) in [6.07, 6.45) is -0.252. The molecule has 2 aliphatic carbocycles. The quantitative estimate of drug-likeness (QED) is 0.615. The van der Waals surface area contributed by atoms with Gasteiger partial charge in [0.1, 0.15) is 18.0 Å². The summed E-state index contributed by atoms with van der Waals surface area (Å²) >= 11 is 0. The first-order chi connectivity index (χ1) is 14.8. The number of alkyl carbamates (subject to hydrolysis) is 1. The molecule has 2 saturated carbocycles. The number of alkyl halides is 1. The van der Waals surface area contributed by atoms with Crippen molar-refractivity contribution in [2.45, 2.75) is 62.9 Å². The van der Waals surface area contributed by atoms with Crippen LogP contribution >= 0.6 is 0 Å². The number of nitrogens with one attached hydrogen (secondary N) is 3. The van der Waals surface area contributed by atoms with Crippen molar-refractivity contribution in [1.82, 2.24) is 25.3 Å². The fourth-order valence-electron chi connectivity index (χ4n) is 3.80. The number of hydrogen-bond donors (Lipinski definition) is 3. The van der Waals surface area contributed by atoms with Crippen LogP contribution in [0.2, 0.25) is 0 Å². The minimum atomic E-state index is -1.25. The minimum Gasteiger partial charge on any atom is -0.443 e. The van der Waals surface area contributed by atoms with Crippen molar-refractivity contribution in [1.29, 1.82) is 0 Å². The molecule has 0 bridgehead atoms. The second kappa shape index (κ2) is 8.29. The van der Waals surface area contributed by atoms with E-state index in [1.54, 1.807) is 26.3 Å². The Balaban J connectivity index is 1.34. The van der Waals surface area contributed by atoms with Gasteiger partial charge in [-0.15, -0.1) is 0 Å². The molecule has 0 aromatic carbocycles. The second-order valence-electron chi connectivity index (χ2n) is 8.55. The van der Waals surface area contributed by atoms with Gasteiger partial charge in [-0.1, -0.05) is 0 Å². The first kappa shape index (κ1) is 21.3. The largest absolute Gasteiger partial charge is 0.443 e. The van der Waals surface area contributed by atoms with Crippen molar-refractivity contribution in [3.8, 4) is 0 Å². The number of aromatic amines is 1. The Labute approximate surface area is 178 Å². The number of carbonyl (C=O) groups is 2. The van der Waals surface area contributed by atoms with Crippen molar-refractivity contribution in [2.75, 3.05) is 12.4 Å². The van der Waals surface area contributed by atoms with Crippen molar-refractivity contribution in [3.05, 3.63) is 29.2 Å². The summed E-state index contributed by atoms with van der Waals surface area (Å²) in [7, 11) is 3.23. The molecule has 3 N–H and O–H groups in total. The lowest BCUT2D eigenvalue weighted by Gasteiger charge is -2.17. The third-order valence-electron chi connectivity index (χ3n) is 5.83. The van der Waals surface area contributed by atoms with Gasteiger partial charge >= 0.3 is 6.09 Å². The number of ether oxygens (including phenoxy) is 2. The zero-order chi connectivity index (χ0) is 22.2. The highest BCUT2D eigenvalue weighted by atomic mass is 19.1. The van der Waals surface area contributed by atoms with Crippen molar-refractivity contribution in [2.24, 2.45) is 7.05 Å². The molecule has 2 aromatic heterocycles. The van der Waals surface area contributed by atoms with Crippen LogP contribution in [0.3, 0.4) is 0 Å². The standard InChI is InChI=1S/C20H27FN6O4/c1-20(4-5-20)23-19(29)31-16-7-11(6-13(16)21)14-9-17(25-24-14)22-18(28)15-8-12(10-30-3)26-27(15)2/h8-9,11,13,16H,4-7,10H2,1-3H3,(H,23,29)(H2,22,24,25,28)/t11-,13-,16-/m0/s1. The van der Waals surface area contributed by atoms with E-state index in [0.717, 1.165) is 12.8 Å². The smallest absolute Gasteiger partial charge is 0.407 e. The van der Waals surface area contributed by atoms with Gasteiger partial charge in [0.05, 0.1) is 12.3 Å². The van der Waals surface area contributed by atoms with E-state index >= 15 is 0 Å². The van der Waals surface area contributed by atoms with Crippen LogP contribution in [0.1, 0.15) is 60.4 Å². The Kier molecular flexibility index (Phi) is 5.69. The Bertz CT molecular complexity index is 969. The molecule has 0 radical (unpaired) electrons. The van der Waals surface area contributed by atoms with Crippen LogP contribution in [0.15, 0.2) is 12.1 Å². The zero-order valence-corrected chi connectivity index (χ0v) is 17.8. The third-order valence-corrected chi connectivity index (χ3v) is 5.83. The maximum atomic E-state index is 14.5. The van der Waals surface area contributed by atoms with Crippen LogP contribution in [0, 0.1) is 0 Å². The number of H-pyrrole nitrogens is 1. The van der Waals surface area contributed by atoms with Crippen LogP contribution in [0.25, 0.3) is 0 Å². The van der Waals surface area contributed by atoms with E-state index in [2.05, 4.69) is 25.9 Å². The van der Waals surface area contributed by atoms with Crippen LogP contribution in [0.5, 0.6) is 0 Å². The van der Waals surface area contributed by atoms with Gasteiger partial charge in [0.25, 0.3) is 5.91 Å². The van der Waals surface area contributed by atoms with E-state index in [1.807, 2.05) is 6.92 Å². The number of halogens is 1. The minimum absolute atomic E-state index is 0.188. The van der Waals surface area contributed by atoms with Gasteiger partial charge in [0.15, 0.2) is 5.82 Å². The zero-order valence-electron chi connectivity index (χ0n) is 17.8. The summed E-state index contributed by atoms with van der Waals surface area (Å²) in [6.45, 7) is 2.24. The lowest BCUT2D eigenvalue weighted by Crippen LogP contribution is -2.38. The van der Waals surface area contributed by atoms with E-state index < -0.39 is 18.4 Å². The molecule has 11 heteroatoms. The molecule has 2 aromatic rings. The molecule has 10 nitrogen and oxygen atoms in total. The monoisotopic (exact) mass is 434 g/mol. The lowest BCUT2D eigenvalue weighted by atomic mass is 10.0. The molecule has 2 amide bonds. The number of rotatable bonds is 7. The number of carbonyl (C=O) groups excluding carboxylic acids is 2. The molecular formula is C20H27FN6O4. The SMILES string of the molecule is COCc1cc(C(=O)Nc2cc([C@@H]3C[C@H](OC(=O)NC4(C)CC4)[C@@H](F)C3)[nH]n2)n(C)n1. The highest BCUT2D eigenvalue weighted by Gasteiger charge is 2.42. The Morgan fingerprint density at radius 2 is 2.13 bits per heavy atom. The molecule has 0 unspecified atom stereocenters. The normalized spacial score (nSPS) is 24.1. The number of anilines is 1. The van der Waals surface area contributed by atoms with Gasteiger partial charge in [-0.25, -0.2) is 9.18 Å². The summed E-state index contributed by atoms with van der Waals surface area (Å²) in [5.74, 6) is -0.224. The predicted molar refractivity (Wildman–Crippen MR) is 108 cm³/mol. The third kappa shape index (κ3) is 4.87. The maximum Gasteiger partial charge on any atom is 0.407 e. The van der Waals surface area contributed by atoms with Crippen LogP contribution in [-0.4, -0.2) is 56.9 Å². The summed E-state index contributed by atoms with van der Waals surface area (Å²) in [5.41, 5.74) is 1.48.